The van der Waals surface area contributed by atoms with Crippen LogP contribution in [0.1, 0.15) is 34.2 Å². The standard InChI is InChI=1S/C17H19NO3S/c1-12-7-8-14(22-12)11-16(19)18-15(9-10-17(20)21)13-5-3-2-4-6-13/h2-8,15H,9-11H2,1H3,(H,18,19)(H,20,21). The Labute approximate surface area is 133 Å². The molecule has 4 nitrogen and oxygen atoms in total. The summed E-state index contributed by atoms with van der Waals surface area (Å²) in [6.07, 6.45) is 0.738. The zero-order chi connectivity index (χ0) is 15.9. The minimum Gasteiger partial charge on any atom is -0.481 e. The predicted octanol–water partition coefficient (Wildman–Crippen LogP) is 3.32. The Morgan fingerprint density at radius 1 is 1.18 bits per heavy atom. The van der Waals surface area contributed by atoms with E-state index in [2.05, 4.69) is 5.32 Å². The summed E-state index contributed by atoms with van der Waals surface area (Å²) in [5, 5.41) is 11.8. The predicted molar refractivity (Wildman–Crippen MR) is 87.0 cm³/mol. The molecular formula is C17H19NO3S. The number of hydrogen-bond acceptors (Lipinski definition) is 3. The van der Waals surface area contributed by atoms with Gasteiger partial charge in [0.2, 0.25) is 5.91 Å². The van der Waals surface area contributed by atoms with Gasteiger partial charge >= 0.3 is 5.97 Å². The molecule has 0 aliphatic carbocycles. The van der Waals surface area contributed by atoms with E-state index >= 15 is 0 Å². The van der Waals surface area contributed by atoms with E-state index in [1.165, 1.54) is 4.88 Å². The second-order valence-corrected chi connectivity index (χ2v) is 6.52. The third-order valence-corrected chi connectivity index (χ3v) is 4.32. The summed E-state index contributed by atoms with van der Waals surface area (Å²) in [4.78, 5) is 25.2. The minimum absolute atomic E-state index is 0.0257. The third kappa shape index (κ3) is 5.00. The Kier molecular flexibility index (Phi) is 5.72. The molecule has 2 N–H and O–H groups in total. The molecule has 1 atom stereocenters. The number of thiophene rings is 1. The maximum absolute atomic E-state index is 12.2. The second-order valence-electron chi connectivity index (χ2n) is 5.15. The first-order valence-electron chi connectivity index (χ1n) is 7.16. The Bertz CT molecular complexity index is 636. The van der Waals surface area contributed by atoms with Gasteiger partial charge in [-0.2, -0.15) is 0 Å². The smallest absolute Gasteiger partial charge is 0.303 e. The van der Waals surface area contributed by atoms with Gasteiger partial charge in [0.1, 0.15) is 0 Å². The van der Waals surface area contributed by atoms with Gasteiger partial charge in [0.05, 0.1) is 12.5 Å². The van der Waals surface area contributed by atoms with E-state index in [1.54, 1.807) is 11.3 Å². The highest BCUT2D eigenvalue weighted by Gasteiger charge is 2.16. The number of benzene rings is 1. The SMILES string of the molecule is Cc1ccc(CC(=O)NC(CCC(=O)O)c2ccccc2)s1. The van der Waals surface area contributed by atoms with Crippen molar-refractivity contribution >= 4 is 23.2 Å². The number of carboxylic acids is 1. The highest BCUT2D eigenvalue weighted by atomic mass is 32.1. The van der Waals surface area contributed by atoms with Crippen molar-refractivity contribution in [2.24, 2.45) is 0 Å². The van der Waals surface area contributed by atoms with Crippen molar-refractivity contribution in [3.05, 3.63) is 57.8 Å². The first-order valence-corrected chi connectivity index (χ1v) is 7.97. The molecule has 22 heavy (non-hydrogen) atoms. The van der Waals surface area contributed by atoms with Crippen LogP contribution < -0.4 is 5.32 Å². The lowest BCUT2D eigenvalue weighted by atomic mass is 10.0. The van der Waals surface area contributed by atoms with Gasteiger partial charge in [0.15, 0.2) is 0 Å². The van der Waals surface area contributed by atoms with Crippen LogP contribution in [0.15, 0.2) is 42.5 Å². The summed E-state index contributed by atoms with van der Waals surface area (Å²) in [6.45, 7) is 2.01. The van der Waals surface area contributed by atoms with Crippen LogP contribution in [0.3, 0.4) is 0 Å². The highest BCUT2D eigenvalue weighted by Crippen LogP contribution is 2.20. The quantitative estimate of drug-likeness (QED) is 0.823. The molecule has 1 heterocycles. The monoisotopic (exact) mass is 317 g/mol. The molecule has 0 saturated heterocycles. The molecule has 0 aliphatic rings. The van der Waals surface area contributed by atoms with E-state index < -0.39 is 5.97 Å². The summed E-state index contributed by atoms with van der Waals surface area (Å²) >= 11 is 1.60. The molecule has 1 amide bonds. The van der Waals surface area contributed by atoms with Crippen LogP contribution in [0, 0.1) is 6.92 Å². The Balaban J connectivity index is 2.02. The molecule has 116 valence electrons. The summed E-state index contributed by atoms with van der Waals surface area (Å²) < 4.78 is 0. The van der Waals surface area contributed by atoms with Gasteiger partial charge in [-0.05, 0) is 31.0 Å². The molecule has 0 aliphatic heterocycles. The number of hydrogen-bond donors (Lipinski definition) is 2. The summed E-state index contributed by atoms with van der Waals surface area (Å²) in [5.74, 6) is -0.940. The lowest BCUT2D eigenvalue weighted by Crippen LogP contribution is -2.30. The molecule has 2 aromatic rings. The normalized spacial score (nSPS) is 11.9. The lowest BCUT2D eigenvalue weighted by Gasteiger charge is -2.18. The average molecular weight is 317 g/mol. The molecule has 2 rings (SSSR count). The number of aryl methyl sites for hydroxylation is 1. The van der Waals surface area contributed by atoms with Crippen molar-refractivity contribution in [2.75, 3.05) is 0 Å². The van der Waals surface area contributed by atoms with Gasteiger partial charge in [-0.15, -0.1) is 11.3 Å². The largest absolute Gasteiger partial charge is 0.481 e. The van der Waals surface area contributed by atoms with E-state index in [1.807, 2.05) is 49.4 Å². The molecule has 1 unspecified atom stereocenters. The van der Waals surface area contributed by atoms with E-state index in [-0.39, 0.29) is 18.4 Å². The molecule has 0 bridgehead atoms. The summed E-state index contributed by atoms with van der Waals surface area (Å²) in [7, 11) is 0. The molecule has 0 radical (unpaired) electrons. The van der Waals surface area contributed by atoms with Crippen LogP contribution in [-0.2, 0) is 16.0 Å². The molecule has 0 spiro atoms. The van der Waals surface area contributed by atoms with Crippen LogP contribution in [0.25, 0.3) is 0 Å². The van der Waals surface area contributed by atoms with Crippen molar-refractivity contribution in [3.8, 4) is 0 Å². The number of rotatable bonds is 7. The van der Waals surface area contributed by atoms with Gasteiger partial charge in [0, 0.05) is 16.2 Å². The van der Waals surface area contributed by atoms with Gasteiger partial charge in [0.25, 0.3) is 0 Å². The van der Waals surface area contributed by atoms with Crippen LogP contribution in [0.5, 0.6) is 0 Å². The van der Waals surface area contributed by atoms with Gasteiger partial charge in [-0.25, -0.2) is 0 Å². The maximum Gasteiger partial charge on any atom is 0.303 e. The Hall–Kier alpha value is -2.14. The van der Waals surface area contributed by atoms with Gasteiger partial charge in [-0.3, -0.25) is 9.59 Å². The number of aliphatic carboxylic acids is 1. The third-order valence-electron chi connectivity index (χ3n) is 3.31. The highest BCUT2D eigenvalue weighted by molar-refractivity contribution is 7.12. The van der Waals surface area contributed by atoms with E-state index in [9.17, 15) is 9.59 Å². The lowest BCUT2D eigenvalue weighted by molar-refractivity contribution is -0.137. The average Bonchev–Trinajstić information content (AvgIpc) is 2.89. The minimum atomic E-state index is -0.857. The fourth-order valence-corrected chi connectivity index (χ4v) is 3.15. The maximum atomic E-state index is 12.2. The first kappa shape index (κ1) is 16.2. The molecule has 5 heteroatoms. The number of nitrogens with one attached hydrogen (secondary N) is 1. The second kappa shape index (κ2) is 7.75. The van der Waals surface area contributed by atoms with E-state index in [0.29, 0.717) is 12.8 Å². The van der Waals surface area contributed by atoms with Crippen molar-refractivity contribution in [1.82, 2.24) is 5.32 Å². The zero-order valence-electron chi connectivity index (χ0n) is 12.4. The summed E-state index contributed by atoms with van der Waals surface area (Å²) in [6, 6.07) is 13.2. The zero-order valence-corrected chi connectivity index (χ0v) is 13.2. The number of carbonyl (C=O) groups excluding carboxylic acids is 1. The molecular weight excluding hydrogens is 298 g/mol. The van der Waals surface area contributed by atoms with E-state index in [4.69, 9.17) is 5.11 Å². The topological polar surface area (TPSA) is 66.4 Å². The number of carboxylic acid groups (broad SMARTS) is 1. The fourth-order valence-electron chi connectivity index (χ4n) is 2.26. The first-order chi connectivity index (χ1) is 10.5. The van der Waals surface area contributed by atoms with Crippen LogP contribution in [-0.4, -0.2) is 17.0 Å². The summed E-state index contributed by atoms with van der Waals surface area (Å²) in [5.41, 5.74) is 0.930. The van der Waals surface area contributed by atoms with Crippen molar-refractivity contribution in [3.63, 3.8) is 0 Å². The van der Waals surface area contributed by atoms with Crippen LogP contribution >= 0.6 is 11.3 Å². The molecule has 1 aromatic carbocycles. The van der Waals surface area contributed by atoms with Crippen molar-refractivity contribution in [2.45, 2.75) is 32.2 Å². The van der Waals surface area contributed by atoms with Gasteiger partial charge in [-0.1, -0.05) is 30.3 Å². The number of carbonyl (C=O) groups is 2. The van der Waals surface area contributed by atoms with Crippen molar-refractivity contribution in [1.29, 1.82) is 0 Å². The van der Waals surface area contributed by atoms with Gasteiger partial charge < -0.3 is 10.4 Å². The number of amides is 1. The Morgan fingerprint density at radius 2 is 1.91 bits per heavy atom. The Morgan fingerprint density at radius 3 is 2.50 bits per heavy atom. The van der Waals surface area contributed by atoms with Crippen LogP contribution in [0.2, 0.25) is 0 Å². The van der Waals surface area contributed by atoms with Crippen LogP contribution in [0.4, 0.5) is 0 Å². The fraction of sp³-hybridized carbons (Fsp3) is 0.294. The van der Waals surface area contributed by atoms with E-state index in [0.717, 1.165) is 10.4 Å². The molecule has 0 fully saturated rings. The van der Waals surface area contributed by atoms with Crippen molar-refractivity contribution < 1.29 is 14.7 Å². The molecule has 0 saturated carbocycles. The molecule has 1 aromatic heterocycles.